The summed E-state index contributed by atoms with van der Waals surface area (Å²) >= 11 is 3.19. The van der Waals surface area contributed by atoms with Crippen molar-refractivity contribution in [3.63, 3.8) is 0 Å². The maximum Gasteiger partial charge on any atom is 0.319 e. The van der Waals surface area contributed by atoms with Gasteiger partial charge in [0.15, 0.2) is 4.34 Å². The zero-order valence-corrected chi connectivity index (χ0v) is 17.1. The first-order valence-corrected chi connectivity index (χ1v) is 10.5. The Bertz CT molecular complexity index is 973. The van der Waals surface area contributed by atoms with E-state index in [-0.39, 0.29) is 24.9 Å². The summed E-state index contributed by atoms with van der Waals surface area (Å²) in [4.78, 5) is 28.5. The molecule has 3 N–H and O–H groups in total. The number of thiazole rings is 1. The lowest BCUT2D eigenvalue weighted by atomic mass is 10.3. The van der Waals surface area contributed by atoms with Crippen molar-refractivity contribution in [2.75, 3.05) is 30.5 Å². The molecule has 2 aromatic carbocycles. The van der Waals surface area contributed by atoms with Gasteiger partial charge in [-0.25, -0.2) is 9.78 Å². The Balaban J connectivity index is 1.44. The second kappa shape index (κ2) is 9.43. The van der Waals surface area contributed by atoms with Gasteiger partial charge in [-0.05, 0) is 48.7 Å². The normalized spacial score (nSPS) is 10.5. The predicted molar refractivity (Wildman–Crippen MR) is 115 cm³/mol. The lowest BCUT2D eigenvalue weighted by Gasteiger charge is -2.09. The van der Waals surface area contributed by atoms with Crippen molar-refractivity contribution < 1.29 is 14.3 Å². The molecule has 146 valence electrons. The molecule has 3 rings (SSSR count). The lowest BCUT2D eigenvalue weighted by Crippen LogP contribution is -2.31. The number of thioether (sulfide) groups is 1. The third kappa shape index (κ3) is 5.37. The number of aromatic nitrogens is 1. The molecule has 0 radical (unpaired) electrons. The van der Waals surface area contributed by atoms with Crippen LogP contribution in [0.15, 0.2) is 46.8 Å². The summed E-state index contributed by atoms with van der Waals surface area (Å²) in [5.74, 6) is 0.544. The average Bonchev–Trinajstić information content (AvgIpc) is 3.11. The third-order valence-corrected chi connectivity index (χ3v) is 5.82. The zero-order valence-electron chi connectivity index (χ0n) is 15.4. The Morgan fingerprint density at radius 1 is 1.11 bits per heavy atom. The fourth-order valence-corrected chi connectivity index (χ4v) is 3.96. The van der Waals surface area contributed by atoms with Gasteiger partial charge in [0, 0.05) is 24.3 Å². The van der Waals surface area contributed by atoms with Gasteiger partial charge in [-0.15, -0.1) is 11.3 Å². The highest BCUT2D eigenvalue weighted by molar-refractivity contribution is 8.00. The first-order chi connectivity index (χ1) is 13.6. The minimum atomic E-state index is -0.367. The zero-order chi connectivity index (χ0) is 19.9. The maximum atomic E-state index is 12.1. The van der Waals surface area contributed by atoms with Gasteiger partial charge in [0.05, 0.1) is 17.3 Å². The van der Waals surface area contributed by atoms with E-state index < -0.39 is 0 Å². The number of rotatable bonds is 7. The second-order valence-corrected chi connectivity index (χ2v) is 7.86. The van der Waals surface area contributed by atoms with Gasteiger partial charge in [-0.2, -0.15) is 0 Å². The molecule has 0 atom stereocenters. The molecule has 0 unspecified atom stereocenters. The number of hydrogen-bond donors (Lipinski definition) is 3. The van der Waals surface area contributed by atoms with E-state index in [1.165, 1.54) is 0 Å². The quantitative estimate of drug-likeness (QED) is 0.503. The number of hydrogen-bond acceptors (Lipinski definition) is 6. The molecular weight excluding hydrogens is 396 g/mol. The number of nitrogens with one attached hydrogen (secondary N) is 3. The van der Waals surface area contributed by atoms with Crippen LogP contribution in [0.4, 0.5) is 16.2 Å². The second-order valence-electron chi connectivity index (χ2n) is 5.77. The van der Waals surface area contributed by atoms with E-state index in [9.17, 15) is 9.59 Å². The van der Waals surface area contributed by atoms with Crippen molar-refractivity contribution in [2.24, 2.45) is 0 Å². The van der Waals surface area contributed by atoms with E-state index in [1.54, 1.807) is 54.5 Å². The number of carbonyl (C=O) groups is 2. The molecule has 0 aliphatic carbocycles. The van der Waals surface area contributed by atoms with E-state index in [0.29, 0.717) is 11.4 Å². The number of amides is 3. The molecule has 0 spiro atoms. The van der Waals surface area contributed by atoms with Crippen molar-refractivity contribution in [1.29, 1.82) is 0 Å². The van der Waals surface area contributed by atoms with Crippen molar-refractivity contribution in [2.45, 2.75) is 10.8 Å². The lowest BCUT2D eigenvalue weighted by molar-refractivity contribution is -0.116. The molecule has 0 aliphatic rings. The fraction of sp³-hybridized carbons (Fsp3) is 0.211. The molecule has 0 saturated carbocycles. The number of urea groups is 1. The Kier molecular flexibility index (Phi) is 6.72. The van der Waals surface area contributed by atoms with Crippen LogP contribution in [0.1, 0.15) is 6.42 Å². The summed E-state index contributed by atoms with van der Waals surface area (Å²) in [7, 11) is 1.58. The molecule has 3 aromatic rings. The Hall–Kier alpha value is -2.78. The van der Waals surface area contributed by atoms with Crippen LogP contribution in [-0.2, 0) is 4.79 Å². The van der Waals surface area contributed by atoms with E-state index in [1.807, 2.05) is 24.5 Å². The van der Waals surface area contributed by atoms with E-state index in [0.717, 1.165) is 20.2 Å². The van der Waals surface area contributed by atoms with Gasteiger partial charge in [-0.1, -0.05) is 11.8 Å². The molecular formula is C19H20N4O3S2. The fourth-order valence-electron chi connectivity index (χ4n) is 2.43. The summed E-state index contributed by atoms with van der Waals surface area (Å²) in [6, 6.07) is 12.3. The van der Waals surface area contributed by atoms with Crippen LogP contribution in [0.25, 0.3) is 10.2 Å². The van der Waals surface area contributed by atoms with Crippen molar-refractivity contribution in [1.82, 2.24) is 10.3 Å². The molecule has 0 aliphatic heterocycles. The number of nitrogens with zero attached hydrogens (tertiary/aromatic N) is 1. The van der Waals surface area contributed by atoms with Gasteiger partial charge >= 0.3 is 6.03 Å². The van der Waals surface area contributed by atoms with E-state index >= 15 is 0 Å². The van der Waals surface area contributed by atoms with Crippen molar-refractivity contribution >= 4 is 56.6 Å². The van der Waals surface area contributed by atoms with Crippen LogP contribution < -0.4 is 20.7 Å². The minimum absolute atomic E-state index is 0.168. The van der Waals surface area contributed by atoms with Crippen molar-refractivity contribution in [3.8, 4) is 5.75 Å². The first kappa shape index (κ1) is 20.0. The molecule has 28 heavy (non-hydrogen) atoms. The summed E-state index contributed by atoms with van der Waals surface area (Å²) in [5, 5.41) is 8.21. The van der Waals surface area contributed by atoms with Crippen LogP contribution in [0.2, 0.25) is 0 Å². The predicted octanol–water partition coefficient (Wildman–Crippen LogP) is 4.18. The van der Waals surface area contributed by atoms with E-state index in [2.05, 4.69) is 20.9 Å². The largest absolute Gasteiger partial charge is 0.497 e. The topological polar surface area (TPSA) is 92.4 Å². The number of benzene rings is 2. The van der Waals surface area contributed by atoms with Gasteiger partial charge < -0.3 is 20.7 Å². The smallest absolute Gasteiger partial charge is 0.319 e. The number of fused-ring (bicyclic) bond motifs is 1. The summed E-state index contributed by atoms with van der Waals surface area (Å²) in [6.07, 6.45) is 2.16. The van der Waals surface area contributed by atoms with Crippen LogP contribution >= 0.6 is 23.1 Å². The molecule has 0 fully saturated rings. The third-order valence-electron chi connectivity index (χ3n) is 3.81. The van der Waals surface area contributed by atoms with E-state index in [4.69, 9.17) is 4.74 Å². The molecule has 7 nitrogen and oxygen atoms in total. The van der Waals surface area contributed by atoms with Gasteiger partial charge in [0.1, 0.15) is 5.75 Å². The Labute approximate surface area is 170 Å². The highest BCUT2D eigenvalue weighted by atomic mass is 32.2. The van der Waals surface area contributed by atoms with Crippen LogP contribution in [0.5, 0.6) is 5.75 Å². The number of methoxy groups -OCH3 is 1. The molecule has 3 amide bonds. The highest BCUT2D eigenvalue weighted by Crippen LogP contribution is 2.29. The Morgan fingerprint density at radius 3 is 2.57 bits per heavy atom. The van der Waals surface area contributed by atoms with Crippen molar-refractivity contribution in [3.05, 3.63) is 42.5 Å². The molecule has 0 saturated heterocycles. The summed E-state index contributed by atoms with van der Waals surface area (Å²) < 4.78 is 7.09. The SMILES string of the molecule is COc1ccc(NC(=O)NCCC(=O)Nc2ccc3nc(SC)sc3c2)cc1. The molecule has 9 heteroatoms. The van der Waals surface area contributed by atoms with Crippen LogP contribution in [0.3, 0.4) is 0 Å². The molecule has 1 heterocycles. The standard InChI is InChI=1S/C19H20N4O3S2/c1-26-14-6-3-12(4-7-14)22-18(25)20-10-9-17(24)21-13-5-8-15-16(11-13)28-19(23-15)27-2/h3-8,11H,9-10H2,1-2H3,(H,21,24)(H2,20,22,25). The highest BCUT2D eigenvalue weighted by Gasteiger charge is 2.08. The van der Waals surface area contributed by atoms with Crippen LogP contribution in [-0.4, -0.2) is 36.8 Å². The van der Waals surface area contributed by atoms with Gasteiger partial charge in [-0.3, -0.25) is 4.79 Å². The summed E-state index contributed by atoms with van der Waals surface area (Å²) in [5.41, 5.74) is 2.28. The maximum absolute atomic E-state index is 12.1. The minimum Gasteiger partial charge on any atom is -0.497 e. The Morgan fingerprint density at radius 2 is 1.86 bits per heavy atom. The van der Waals surface area contributed by atoms with Gasteiger partial charge in [0.25, 0.3) is 0 Å². The average molecular weight is 417 g/mol. The van der Waals surface area contributed by atoms with Crippen LogP contribution in [0, 0.1) is 0 Å². The monoisotopic (exact) mass is 416 g/mol. The van der Waals surface area contributed by atoms with Gasteiger partial charge in [0.2, 0.25) is 5.91 Å². The number of carbonyl (C=O) groups excluding carboxylic acids is 2. The first-order valence-electron chi connectivity index (χ1n) is 8.50. The summed E-state index contributed by atoms with van der Waals surface area (Å²) in [6.45, 7) is 0.229. The molecule has 1 aromatic heterocycles. The number of ether oxygens (including phenoxy) is 1. The number of anilines is 2. The molecule has 0 bridgehead atoms.